The summed E-state index contributed by atoms with van der Waals surface area (Å²) in [6.07, 6.45) is 5.62. The molecule has 0 bridgehead atoms. The summed E-state index contributed by atoms with van der Waals surface area (Å²) in [5.41, 5.74) is 1.28. The maximum absolute atomic E-state index is 5.65. The predicted molar refractivity (Wildman–Crippen MR) is 63.6 cm³/mol. The highest BCUT2D eigenvalue weighted by Gasteiger charge is 1.98. The van der Waals surface area contributed by atoms with E-state index in [1.807, 2.05) is 24.3 Å². The Kier molecular flexibility index (Phi) is 3.54. The minimum Gasteiger partial charge on any atom is -0.455 e. The number of hydrogen-bond donors (Lipinski definition) is 0. The van der Waals surface area contributed by atoms with E-state index >= 15 is 0 Å². The average molecular weight is 212 g/mol. The molecule has 0 fully saturated rings. The van der Waals surface area contributed by atoms with Gasteiger partial charge in [0.2, 0.25) is 0 Å². The topological polar surface area (TPSA) is 22.1 Å². The van der Waals surface area contributed by atoms with Gasteiger partial charge in [-0.1, -0.05) is 25.5 Å². The Morgan fingerprint density at radius 3 is 3.06 bits per heavy atom. The van der Waals surface area contributed by atoms with Gasteiger partial charge in [-0.25, -0.2) is 0 Å². The van der Waals surface area contributed by atoms with Crippen molar-refractivity contribution in [1.82, 2.24) is 4.98 Å². The first kappa shape index (κ1) is 10.7. The first-order valence-electron chi connectivity index (χ1n) is 5.47. The number of hydrogen-bond acceptors (Lipinski definition) is 2. The molecule has 1 heterocycles. The highest BCUT2D eigenvalue weighted by molar-refractivity contribution is 5.31. The summed E-state index contributed by atoms with van der Waals surface area (Å²) in [5, 5.41) is 0. The molecule has 0 aliphatic heterocycles. The van der Waals surface area contributed by atoms with Gasteiger partial charge in [0, 0.05) is 12.3 Å². The van der Waals surface area contributed by atoms with Crippen LogP contribution in [0, 0.1) is 6.07 Å². The Bertz CT molecular complexity index is 439. The molecule has 2 heteroatoms. The molecule has 1 aromatic carbocycles. The highest BCUT2D eigenvalue weighted by atomic mass is 16.5. The van der Waals surface area contributed by atoms with Crippen molar-refractivity contribution in [3.05, 3.63) is 54.4 Å². The van der Waals surface area contributed by atoms with Crippen LogP contribution in [0.2, 0.25) is 0 Å². The molecule has 0 unspecified atom stereocenters. The van der Waals surface area contributed by atoms with E-state index in [0.29, 0.717) is 0 Å². The molecule has 2 rings (SSSR count). The number of pyridine rings is 1. The zero-order valence-electron chi connectivity index (χ0n) is 9.31. The van der Waals surface area contributed by atoms with E-state index in [4.69, 9.17) is 4.74 Å². The van der Waals surface area contributed by atoms with Crippen molar-refractivity contribution in [3.8, 4) is 11.5 Å². The zero-order valence-corrected chi connectivity index (χ0v) is 9.31. The monoisotopic (exact) mass is 212 g/mol. The Morgan fingerprint density at radius 2 is 2.31 bits per heavy atom. The van der Waals surface area contributed by atoms with Crippen LogP contribution in [-0.2, 0) is 6.42 Å². The number of ether oxygens (including phenoxy) is 1. The van der Waals surface area contributed by atoms with Gasteiger partial charge in [0.25, 0.3) is 0 Å². The SMILES string of the molecule is CCCc1cc[c]c(Oc2cccnc2)c1. The summed E-state index contributed by atoms with van der Waals surface area (Å²) < 4.78 is 5.65. The molecule has 81 valence electrons. The van der Waals surface area contributed by atoms with E-state index in [9.17, 15) is 0 Å². The van der Waals surface area contributed by atoms with Crippen LogP contribution in [0.5, 0.6) is 11.5 Å². The van der Waals surface area contributed by atoms with E-state index in [-0.39, 0.29) is 0 Å². The van der Waals surface area contributed by atoms with Crippen LogP contribution in [0.3, 0.4) is 0 Å². The van der Waals surface area contributed by atoms with E-state index in [1.54, 1.807) is 12.4 Å². The molecule has 2 nitrogen and oxygen atoms in total. The van der Waals surface area contributed by atoms with Crippen molar-refractivity contribution >= 4 is 0 Å². The Hall–Kier alpha value is -1.83. The Morgan fingerprint density at radius 1 is 1.38 bits per heavy atom. The van der Waals surface area contributed by atoms with Gasteiger partial charge in [0.1, 0.15) is 11.5 Å². The van der Waals surface area contributed by atoms with Crippen LogP contribution in [0.15, 0.2) is 42.7 Å². The summed E-state index contributed by atoms with van der Waals surface area (Å²) in [5.74, 6) is 1.49. The lowest BCUT2D eigenvalue weighted by Crippen LogP contribution is -1.88. The molecule has 0 spiro atoms. The Labute approximate surface area is 95.9 Å². The van der Waals surface area contributed by atoms with Gasteiger partial charge in [-0.2, -0.15) is 0 Å². The maximum Gasteiger partial charge on any atom is 0.145 e. The summed E-state index contributed by atoms with van der Waals surface area (Å²) in [6.45, 7) is 2.17. The van der Waals surface area contributed by atoms with Crippen molar-refractivity contribution in [2.75, 3.05) is 0 Å². The summed E-state index contributed by atoms with van der Waals surface area (Å²) in [6, 6.07) is 12.8. The largest absolute Gasteiger partial charge is 0.455 e. The molecular formula is C14H14NO. The number of aromatic nitrogens is 1. The lowest BCUT2D eigenvalue weighted by atomic mass is 10.1. The van der Waals surface area contributed by atoms with E-state index < -0.39 is 0 Å². The number of benzene rings is 1. The van der Waals surface area contributed by atoms with Crippen LogP contribution in [-0.4, -0.2) is 4.98 Å². The fraction of sp³-hybridized carbons (Fsp3) is 0.214. The molecule has 1 aromatic heterocycles. The van der Waals surface area contributed by atoms with Crippen LogP contribution in [0.4, 0.5) is 0 Å². The van der Waals surface area contributed by atoms with Gasteiger partial charge >= 0.3 is 0 Å². The van der Waals surface area contributed by atoms with Crippen molar-refractivity contribution in [1.29, 1.82) is 0 Å². The minimum absolute atomic E-state index is 0.743. The summed E-state index contributed by atoms with van der Waals surface area (Å²) >= 11 is 0. The van der Waals surface area contributed by atoms with Gasteiger partial charge < -0.3 is 4.74 Å². The fourth-order valence-electron chi connectivity index (χ4n) is 1.53. The maximum atomic E-state index is 5.65. The fourth-order valence-corrected chi connectivity index (χ4v) is 1.53. The normalized spacial score (nSPS) is 10.1. The van der Waals surface area contributed by atoms with Crippen molar-refractivity contribution in [2.24, 2.45) is 0 Å². The van der Waals surface area contributed by atoms with Crippen molar-refractivity contribution < 1.29 is 4.74 Å². The van der Waals surface area contributed by atoms with Gasteiger partial charge in [0.05, 0.1) is 6.20 Å². The summed E-state index contributed by atoms with van der Waals surface area (Å²) in [7, 11) is 0. The smallest absolute Gasteiger partial charge is 0.145 e. The first-order valence-corrected chi connectivity index (χ1v) is 5.47. The highest BCUT2D eigenvalue weighted by Crippen LogP contribution is 2.20. The third-order valence-corrected chi connectivity index (χ3v) is 2.24. The van der Waals surface area contributed by atoms with Crippen LogP contribution >= 0.6 is 0 Å². The predicted octanol–water partition coefficient (Wildman–Crippen LogP) is 3.63. The van der Waals surface area contributed by atoms with E-state index in [0.717, 1.165) is 24.3 Å². The molecule has 0 amide bonds. The lowest BCUT2D eigenvalue weighted by Gasteiger charge is -2.06. The summed E-state index contributed by atoms with van der Waals surface area (Å²) in [4.78, 5) is 4.00. The molecule has 1 radical (unpaired) electrons. The number of rotatable bonds is 4. The molecule has 16 heavy (non-hydrogen) atoms. The second kappa shape index (κ2) is 5.31. The van der Waals surface area contributed by atoms with Gasteiger partial charge in [0.15, 0.2) is 0 Å². The lowest BCUT2D eigenvalue weighted by molar-refractivity contribution is 0.478. The minimum atomic E-state index is 0.743. The van der Waals surface area contributed by atoms with E-state index in [1.165, 1.54) is 5.56 Å². The molecular weight excluding hydrogens is 198 g/mol. The number of nitrogens with zero attached hydrogens (tertiary/aromatic N) is 1. The van der Waals surface area contributed by atoms with E-state index in [2.05, 4.69) is 24.0 Å². The molecule has 0 aliphatic carbocycles. The van der Waals surface area contributed by atoms with Crippen LogP contribution in [0.25, 0.3) is 0 Å². The second-order valence-electron chi connectivity index (χ2n) is 3.60. The third-order valence-electron chi connectivity index (χ3n) is 2.24. The van der Waals surface area contributed by atoms with Crippen molar-refractivity contribution in [2.45, 2.75) is 19.8 Å². The molecule has 0 saturated heterocycles. The van der Waals surface area contributed by atoms with Crippen molar-refractivity contribution in [3.63, 3.8) is 0 Å². The van der Waals surface area contributed by atoms with Gasteiger partial charge in [-0.3, -0.25) is 4.98 Å². The standard InChI is InChI=1S/C14H14NO/c1-2-5-12-6-3-7-13(10-12)16-14-8-4-9-15-11-14/h3-4,6,8-11H,2,5H2,1H3. The first-order chi connectivity index (χ1) is 7.88. The quantitative estimate of drug-likeness (QED) is 0.772. The molecule has 0 aliphatic rings. The van der Waals surface area contributed by atoms with Crippen LogP contribution in [0.1, 0.15) is 18.9 Å². The average Bonchev–Trinajstić information content (AvgIpc) is 2.31. The van der Waals surface area contributed by atoms with Crippen LogP contribution < -0.4 is 4.74 Å². The van der Waals surface area contributed by atoms with Gasteiger partial charge in [-0.15, -0.1) is 0 Å². The zero-order chi connectivity index (χ0) is 11.2. The third kappa shape index (κ3) is 2.83. The second-order valence-corrected chi connectivity index (χ2v) is 3.60. The van der Waals surface area contributed by atoms with Gasteiger partial charge in [-0.05, 0) is 30.2 Å². The Balaban J connectivity index is 2.12. The number of aryl methyl sites for hydroxylation is 1. The molecule has 0 N–H and O–H groups in total. The molecule has 0 saturated carbocycles. The molecule has 2 aromatic rings. The molecule has 0 atom stereocenters.